The van der Waals surface area contributed by atoms with Crippen molar-refractivity contribution in [3.05, 3.63) is 0 Å². The molecule has 0 unspecified atom stereocenters. The Balaban J connectivity index is 2.33. The van der Waals surface area contributed by atoms with E-state index in [1.165, 1.54) is 14.2 Å². The van der Waals surface area contributed by atoms with Crippen molar-refractivity contribution >= 4 is 0 Å². The first-order chi connectivity index (χ1) is 13.5. The SMILES string of the molecule is CO[C@@H]1[C@@H](OC)[C@@H](O[C@]2(CN)O[C@H](CN)[C@@H](OC)[C@@H]2OC)O[C@H](CN)[C@H]1OC. The Hall–Kier alpha value is -0.440. The summed E-state index contributed by atoms with van der Waals surface area (Å²) in [5, 5.41) is 0. The van der Waals surface area contributed by atoms with Crippen molar-refractivity contribution in [1.29, 1.82) is 0 Å². The van der Waals surface area contributed by atoms with Crippen LogP contribution in [0.3, 0.4) is 0 Å². The zero-order valence-electron chi connectivity index (χ0n) is 17.2. The highest BCUT2D eigenvalue weighted by Crippen LogP contribution is 2.38. The molecule has 0 radical (unpaired) electrons. The lowest BCUT2D eigenvalue weighted by Gasteiger charge is -2.47. The smallest absolute Gasteiger partial charge is 0.213 e. The van der Waals surface area contributed by atoms with Crippen LogP contribution in [0.5, 0.6) is 0 Å². The van der Waals surface area contributed by atoms with Gasteiger partial charge in [-0.3, -0.25) is 0 Å². The third kappa shape index (κ3) is 4.20. The molecule has 28 heavy (non-hydrogen) atoms. The summed E-state index contributed by atoms with van der Waals surface area (Å²) in [5.74, 6) is -1.35. The van der Waals surface area contributed by atoms with Crippen molar-refractivity contribution in [2.24, 2.45) is 17.2 Å². The van der Waals surface area contributed by atoms with Crippen LogP contribution in [0.25, 0.3) is 0 Å². The topological polar surface area (TPSA) is 152 Å². The summed E-state index contributed by atoms with van der Waals surface area (Å²) >= 11 is 0. The highest BCUT2D eigenvalue weighted by Gasteiger charge is 2.59. The van der Waals surface area contributed by atoms with Gasteiger partial charge in [0.15, 0.2) is 6.29 Å². The predicted molar refractivity (Wildman–Crippen MR) is 98.5 cm³/mol. The number of hydrogen-bond donors (Lipinski definition) is 3. The molecule has 11 heteroatoms. The molecule has 2 saturated heterocycles. The van der Waals surface area contributed by atoms with Crippen molar-refractivity contribution in [1.82, 2.24) is 0 Å². The minimum atomic E-state index is -1.35. The molecule has 0 amide bonds. The molecule has 2 aliphatic heterocycles. The van der Waals surface area contributed by atoms with E-state index in [1.807, 2.05) is 0 Å². The summed E-state index contributed by atoms with van der Waals surface area (Å²) in [6.45, 7) is 0.391. The largest absolute Gasteiger partial charge is 0.376 e. The van der Waals surface area contributed by atoms with E-state index in [0.717, 1.165) is 0 Å². The van der Waals surface area contributed by atoms with Crippen molar-refractivity contribution < 1.29 is 37.9 Å². The Labute approximate surface area is 165 Å². The fourth-order valence-corrected chi connectivity index (χ4v) is 4.08. The monoisotopic (exact) mass is 409 g/mol. The second kappa shape index (κ2) is 10.5. The molecule has 0 bridgehead atoms. The van der Waals surface area contributed by atoms with Gasteiger partial charge in [-0.15, -0.1) is 0 Å². The molecule has 166 valence electrons. The number of rotatable bonds is 10. The molecule has 0 spiro atoms. The summed E-state index contributed by atoms with van der Waals surface area (Å²) in [7, 11) is 7.74. The van der Waals surface area contributed by atoms with E-state index in [1.54, 1.807) is 21.3 Å². The van der Waals surface area contributed by atoms with Gasteiger partial charge in [-0.05, 0) is 0 Å². The first-order valence-corrected chi connectivity index (χ1v) is 9.25. The Morgan fingerprint density at radius 1 is 0.714 bits per heavy atom. The lowest BCUT2D eigenvalue weighted by atomic mass is 9.97. The summed E-state index contributed by atoms with van der Waals surface area (Å²) in [5.41, 5.74) is 17.8. The lowest BCUT2D eigenvalue weighted by molar-refractivity contribution is -0.377. The van der Waals surface area contributed by atoms with E-state index in [0.29, 0.717) is 0 Å². The second-order valence-electron chi connectivity index (χ2n) is 6.76. The average molecular weight is 409 g/mol. The van der Waals surface area contributed by atoms with Crippen LogP contribution in [0.15, 0.2) is 0 Å². The molecule has 2 rings (SSSR count). The van der Waals surface area contributed by atoms with Gasteiger partial charge >= 0.3 is 0 Å². The van der Waals surface area contributed by atoms with Gasteiger partial charge in [-0.2, -0.15) is 0 Å². The fraction of sp³-hybridized carbons (Fsp3) is 1.00. The maximum atomic E-state index is 6.27. The molecule has 0 aromatic heterocycles. The molecule has 0 aromatic rings. The lowest BCUT2D eigenvalue weighted by Crippen LogP contribution is -2.65. The van der Waals surface area contributed by atoms with Gasteiger partial charge in [-0.25, -0.2) is 0 Å². The molecule has 2 heterocycles. The van der Waals surface area contributed by atoms with Gasteiger partial charge in [-0.1, -0.05) is 0 Å². The van der Waals surface area contributed by atoms with E-state index in [9.17, 15) is 0 Å². The molecule has 11 nitrogen and oxygen atoms in total. The molecule has 2 fully saturated rings. The predicted octanol–water partition coefficient (Wildman–Crippen LogP) is -2.23. The summed E-state index contributed by atoms with van der Waals surface area (Å²) in [6, 6.07) is 0. The van der Waals surface area contributed by atoms with Crippen molar-refractivity contribution in [3.63, 3.8) is 0 Å². The zero-order chi connectivity index (χ0) is 20.9. The van der Waals surface area contributed by atoms with Crippen LogP contribution in [0.4, 0.5) is 0 Å². The van der Waals surface area contributed by atoms with E-state index in [2.05, 4.69) is 0 Å². The van der Waals surface area contributed by atoms with Crippen LogP contribution in [0.1, 0.15) is 0 Å². The number of methoxy groups -OCH3 is 5. The summed E-state index contributed by atoms with van der Waals surface area (Å²) in [6.07, 6.45) is -4.47. The van der Waals surface area contributed by atoms with Gasteiger partial charge in [0.05, 0.1) is 6.54 Å². The van der Waals surface area contributed by atoms with Crippen molar-refractivity contribution in [2.45, 2.75) is 54.8 Å². The standard InChI is InChI=1S/C17H35N3O8/c1-21-11-9(6-18)26-16(14(24-4)13(11)23-3)28-17(8-20)15(25-5)12(22-2)10(7-19)27-17/h9-16H,6-8,18-20H2,1-5H3/t9-,10-,11-,12-,13+,14-,15+,16-,17+/m1/s1. The van der Waals surface area contributed by atoms with E-state index in [4.69, 9.17) is 55.1 Å². The third-order valence-corrected chi connectivity index (χ3v) is 5.45. The van der Waals surface area contributed by atoms with E-state index < -0.39 is 54.8 Å². The highest BCUT2D eigenvalue weighted by atomic mass is 16.8. The molecule has 6 N–H and O–H groups in total. The van der Waals surface area contributed by atoms with Crippen LogP contribution in [0, 0.1) is 0 Å². The van der Waals surface area contributed by atoms with Gasteiger partial charge in [0.2, 0.25) is 5.79 Å². The molecular formula is C17H35N3O8. The zero-order valence-corrected chi connectivity index (χ0v) is 17.2. The number of nitrogens with two attached hydrogens (primary N) is 3. The maximum Gasteiger partial charge on any atom is 0.213 e. The maximum absolute atomic E-state index is 6.27. The second-order valence-corrected chi connectivity index (χ2v) is 6.76. The third-order valence-electron chi connectivity index (χ3n) is 5.45. The normalized spacial score (nSPS) is 44.1. The van der Waals surface area contributed by atoms with E-state index >= 15 is 0 Å². The van der Waals surface area contributed by atoms with Gasteiger partial charge in [0, 0.05) is 48.6 Å². The molecule has 2 aliphatic rings. The molecular weight excluding hydrogens is 374 g/mol. The number of hydrogen-bond acceptors (Lipinski definition) is 11. The highest BCUT2D eigenvalue weighted by molar-refractivity contribution is 5.01. The minimum absolute atomic E-state index is 0.0171. The Bertz CT molecular complexity index is 476. The Kier molecular flexibility index (Phi) is 8.98. The van der Waals surface area contributed by atoms with Crippen LogP contribution in [-0.4, -0.2) is 110 Å². The first kappa shape index (κ1) is 23.8. The van der Waals surface area contributed by atoms with Crippen LogP contribution < -0.4 is 17.2 Å². The van der Waals surface area contributed by atoms with E-state index in [-0.39, 0.29) is 19.6 Å². The van der Waals surface area contributed by atoms with Crippen molar-refractivity contribution in [2.75, 3.05) is 55.2 Å². The minimum Gasteiger partial charge on any atom is -0.376 e. The summed E-state index contributed by atoms with van der Waals surface area (Å²) < 4.78 is 46.3. The van der Waals surface area contributed by atoms with Gasteiger partial charge < -0.3 is 55.1 Å². The quantitative estimate of drug-likeness (QED) is 0.359. The van der Waals surface area contributed by atoms with Gasteiger partial charge in [0.25, 0.3) is 0 Å². The fourth-order valence-electron chi connectivity index (χ4n) is 4.08. The van der Waals surface area contributed by atoms with Crippen molar-refractivity contribution in [3.8, 4) is 0 Å². The number of ether oxygens (including phenoxy) is 8. The van der Waals surface area contributed by atoms with Crippen LogP contribution in [0.2, 0.25) is 0 Å². The van der Waals surface area contributed by atoms with Crippen LogP contribution >= 0.6 is 0 Å². The van der Waals surface area contributed by atoms with Crippen LogP contribution in [-0.2, 0) is 37.9 Å². The van der Waals surface area contributed by atoms with Gasteiger partial charge in [0.1, 0.15) is 42.7 Å². The molecule has 0 aliphatic carbocycles. The Morgan fingerprint density at radius 2 is 1.29 bits per heavy atom. The Morgan fingerprint density at radius 3 is 1.71 bits per heavy atom. The molecule has 9 atom stereocenters. The average Bonchev–Trinajstić information content (AvgIpc) is 3.05. The first-order valence-electron chi connectivity index (χ1n) is 9.25. The molecule has 0 aromatic carbocycles. The molecule has 0 saturated carbocycles. The summed E-state index contributed by atoms with van der Waals surface area (Å²) in [4.78, 5) is 0.